The molecule has 3 N–H and O–H groups in total. The van der Waals surface area contributed by atoms with Crippen LogP contribution >= 0.6 is 0 Å². The van der Waals surface area contributed by atoms with Crippen molar-refractivity contribution >= 4 is 28.5 Å². The number of anilines is 1. The Bertz CT molecular complexity index is 645. The van der Waals surface area contributed by atoms with E-state index in [9.17, 15) is 9.59 Å². The van der Waals surface area contributed by atoms with Crippen LogP contribution in [0, 0.1) is 0 Å². The molecular formula is C13H12N2O3. The van der Waals surface area contributed by atoms with Crippen molar-refractivity contribution in [3.63, 3.8) is 0 Å². The molecule has 5 nitrogen and oxygen atoms in total. The van der Waals surface area contributed by atoms with Gasteiger partial charge in [0, 0.05) is 17.4 Å². The number of carbonyl (C=O) groups is 2. The molecule has 1 atom stereocenters. The summed E-state index contributed by atoms with van der Waals surface area (Å²) in [5.41, 5.74) is 7.74. The lowest BCUT2D eigenvalue weighted by molar-refractivity contribution is -0.134. The van der Waals surface area contributed by atoms with Crippen LogP contribution in [0.25, 0.3) is 11.0 Å². The van der Waals surface area contributed by atoms with Crippen molar-refractivity contribution in [1.29, 1.82) is 0 Å². The third-order valence-corrected chi connectivity index (χ3v) is 3.27. The third-order valence-electron chi connectivity index (χ3n) is 3.27. The number of amides is 2. The van der Waals surface area contributed by atoms with Gasteiger partial charge in [-0.2, -0.15) is 0 Å². The van der Waals surface area contributed by atoms with Crippen molar-refractivity contribution in [1.82, 2.24) is 5.32 Å². The molecule has 3 rings (SSSR count). The number of fused-ring (bicyclic) bond motifs is 1. The fourth-order valence-electron chi connectivity index (χ4n) is 2.36. The van der Waals surface area contributed by atoms with Gasteiger partial charge < -0.3 is 10.2 Å². The summed E-state index contributed by atoms with van der Waals surface area (Å²) in [6, 6.07) is 5.44. The van der Waals surface area contributed by atoms with Gasteiger partial charge in [0.1, 0.15) is 0 Å². The summed E-state index contributed by atoms with van der Waals surface area (Å²) in [5.74, 6) is -0.828. The van der Waals surface area contributed by atoms with E-state index in [1.165, 1.54) is 0 Å². The summed E-state index contributed by atoms with van der Waals surface area (Å²) in [6.07, 6.45) is 2.42. The van der Waals surface area contributed by atoms with Crippen LogP contribution in [0.2, 0.25) is 0 Å². The zero-order valence-corrected chi connectivity index (χ0v) is 9.60. The average molecular weight is 244 g/mol. The minimum Gasteiger partial charge on any atom is -0.462 e. The van der Waals surface area contributed by atoms with Crippen LogP contribution in [0.1, 0.15) is 24.3 Å². The van der Waals surface area contributed by atoms with Crippen molar-refractivity contribution < 1.29 is 14.0 Å². The van der Waals surface area contributed by atoms with Gasteiger partial charge >= 0.3 is 0 Å². The molecule has 0 bridgehead atoms. The molecule has 0 radical (unpaired) electrons. The van der Waals surface area contributed by atoms with Gasteiger partial charge in [-0.05, 0) is 12.5 Å². The molecule has 2 aromatic rings. The number of nitrogens with one attached hydrogen (secondary N) is 1. The van der Waals surface area contributed by atoms with E-state index in [1.807, 2.05) is 12.1 Å². The second-order valence-corrected chi connectivity index (χ2v) is 4.42. The predicted octanol–water partition coefficient (Wildman–Crippen LogP) is 1.54. The zero-order chi connectivity index (χ0) is 12.7. The molecule has 2 heterocycles. The first-order valence-electron chi connectivity index (χ1n) is 5.76. The Hall–Kier alpha value is -2.30. The topological polar surface area (TPSA) is 85.3 Å². The largest absolute Gasteiger partial charge is 0.462 e. The molecule has 0 spiro atoms. The van der Waals surface area contributed by atoms with Gasteiger partial charge in [-0.3, -0.25) is 14.9 Å². The summed E-state index contributed by atoms with van der Waals surface area (Å²) >= 11 is 0. The SMILES string of the molecule is Nc1cccc2c(C3CCC(=O)NC3=O)coc12. The molecule has 92 valence electrons. The number of piperidine rings is 1. The van der Waals surface area contributed by atoms with E-state index in [0.29, 0.717) is 24.1 Å². The smallest absolute Gasteiger partial charge is 0.234 e. The standard InChI is InChI=1S/C13H12N2O3/c14-10-3-1-2-7-9(6-18-12(7)10)8-4-5-11(16)15-13(8)17/h1-3,6,8H,4-5,14H2,(H,15,16,17). The first kappa shape index (κ1) is 10.8. The zero-order valence-electron chi connectivity index (χ0n) is 9.60. The maximum Gasteiger partial charge on any atom is 0.234 e. The van der Waals surface area contributed by atoms with E-state index in [1.54, 1.807) is 12.3 Å². The molecule has 1 saturated heterocycles. The maximum absolute atomic E-state index is 11.8. The predicted molar refractivity (Wildman–Crippen MR) is 65.8 cm³/mol. The van der Waals surface area contributed by atoms with Crippen molar-refractivity contribution in [2.75, 3.05) is 5.73 Å². The Balaban J connectivity index is 2.07. The Kier molecular flexibility index (Phi) is 2.33. The van der Waals surface area contributed by atoms with Gasteiger partial charge in [0.05, 0.1) is 17.9 Å². The molecule has 1 aliphatic heterocycles. The third kappa shape index (κ3) is 1.55. The van der Waals surface area contributed by atoms with Crippen LogP contribution < -0.4 is 11.1 Å². The molecule has 18 heavy (non-hydrogen) atoms. The Morgan fingerprint density at radius 1 is 1.33 bits per heavy atom. The number of carbonyl (C=O) groups excluding carboxylic acids is 2. The van der Waals surface area contributed by atoms with Gasteiger partial charge in [-0.1, -0.05) is 12.1 Å². The second-order valence-electron chi connectivity index (χ2n) is 4.42. The number of nitrogen functional groups attached to an aromatic ring is 1. The molecule has 1 aromatic heterocycles. The molecule has 0 saturated carbocycles. The monoisotopic (exact) mass is 244 g/mol. The summed E-state index contributed by atoms with van der Waals surface area (Å²) in [6.45, 7) is 0. The molecule has 0 aliphatic carbocycles. The Morgan fingerprint density at radius 2 is 2.17 bits per heavy atom. The Morgan fingerprint density at radius 3 is 2.94 bits per heavy atom. The number of para-hydroxylation sites is 1. The highest BCUT2D eigenvalue weighted by Crippen LogP contribution is 2.34. The van der Waals surface area contributed by atoms with Crippen LogP contribution in [0.15, 0.2) is 28.9 Å². The van der Waals surface area contributed by atoms with Crippen LogP contribution in [-0.4, -0.2) is 11.8 Å². The number of imide groups is 1. The second kappa shape index (κ2) is 3.87. The summed E-state index contributed by atoms with van der Waals surface area (Å²) < 4.78 is 5.42. The number of benzene rings is 1. The van der Waals surface area contributed by atoms with E-state index in [-0.39, 0.29) is 17.7 Å². The molecular weight excluding hydrogens is 232 g/mol. The minimum absolute atomic E-state index is 0.219. The fourth-order valence-corrected chi connectivity index (χ4v) is 2.36. The highest BCUT2D eigenvalue weighted by molar-refractivity contribution is 6.03. The lowest BCUT2D eigenvalue weighted by Crippen LogP contribution is -2.39. The number of hydrogen-bond donors (Lipinski definition) is 2. The van der Waals surface area contributed by atoms with Gasteiger partial charge in [-0.25, -0.2) is 0 Å². The Labute approximate surface area is 103 Å². The van der Waals surface area contributed by atoms with Crippen LogP contribution in [0.4, 0.5) is 5.69 Å². The van der Waals surface area contributed by atoms with Crippen LogP contribution in [0.3, 0.4) is 0 Å². The van der Waals surface area contributed by atoms with Crippen molar-refractivity contribution in [2.24, 2.45) is 0 Å². The number of hydrogen-bond acceptors (Lipinski definition) is 4. The summed E-state index contributed by atoms with van der Waals surface area (Å²) in [7, 11) is 0. The number of furan rings is 1. The molecule has 1 fully saturated rings. The van der Waals surface area contributed by atoms with Crippen molar-refractivity contribution in [3.8, 4) is 0 Å². The molecule has 2 amide bonds. The highest BCUT2D eigenvalue weighted by Gasteiger charge is 2.30. The molecule has 5 heteroatoms. The van der Waals surface area contributed by atoms with E-state index < -0.39 is 0 Å². The summed E-state index contributed by atoms with van der Waals surface area (Å²) in [4.78, 5) is 23.0. The van der Waals surface area contributed by atoms with Crippen molar-refractivity contribution in [2.45, 2.75) is 18.8 Å². The van der Waals surface area contributed by atoms with E-state index >= 15 is 0 Å². The highest BCUT2D eigenvalue weighted by atomic mass is 16.3. The lowest BCUT2D eigenvalue weighted by atomic mass is 9.90. The van der Waals surface area contributed by atoms with Gasteiger partial charge in [-0.15, -0.1) is 0 Å². The molecule has 1 aromatic carbocycles. The minimum atomic E-state index is -0.342. The average Bonchev–Trinajstić information content (AvgIpc) is 2.74. The molecule has 1 aliphatic rings. The van der Waals surface area contributed by atoms with Crippen LogP contribution in [0.5, 0.6) is 0 Å². The van der Waals surface area contributed by atoms with E-state index in [4.69, 9.17) is 10.2 Å². The first-order valence-corrected chi connectivity index (χ1v) is 5.76. The van der Waals surface area contributed by atoms with E-state index in [0.717, 1.165) is 10.9 Å². The van der Waals surface area contributed by atoms with E-state index in [2.05, 4.69) is 5.32 Å². The van der Waals surface area contributed by atoms with Gasteiger partial charge in [0.2, 0.25) is 11.8 Å². The fraction of sp³-hybridized carbons (Fsp3) is 0.231. The lowest BCUT2D eigenvalue weighted by Gasteiger charge is -2.19. The van der Waals surface area contributed by atoms with Crippen molar-refractivity contribution in [3.05, 3.63) is 30.0 Å². The molecule has 1 unspecified atom stereocenters. The number of nitrogens with two attached hydrogens (primary N) is 1. The van der Waals surface area contributed by atoms with Gasteiger partial charge in [0.25, 0.3) is 0 Å². The van der Waals surface area contributed by atoms with Crippen LogP contribution in [-0.2, 0) is 9.59 Å². The number of rotatable bonds is 1. The van der Waals surface area contributed by atoms with Gasteiger partial charge in [0.15, 0.2) is 5.58 Å². The quantitative estimate of drug-likeness (QED) is 0.588. The first-order chi connectivity index (χ1) is 8.66. The maximum atomic E-state index is 11.8. The summed E-state index contributed by atoms with van der Waals surface area (Å²) in [5, 5.41) is 3.18. The normalized spacial score (nSPS) is 20.1.